The van der Waals surface area contributed by atoms with Gasteiger partial charge in [-0.05, 0) is 11.1 Å². The Morgan fingerprint density at radius 1 is 0.976 bits per heavy atom. The average Bonchev–Trinajstić information content (AvgIpc) is 3.54. The summed E-state index contributed by atoms with van der Waals surface area (Å²) in [6.45, 7) is 3.81. The molecule has 3 aliphatic heterocycles. The van der Waals surface area contributed by atoms with Crippen molar-refractivity contribution in [2.24, 2.45) is 0 Å². The van der Waals surface area contributed by atoms with Crippen molar-refractivity contribution in [2.45, 2.75) is 44.6 Å². The van der Waals surface area contributed by atoms with E-state index in [-0.39, 0.29) is 30.9 Å². The van der Waals surface area contributed by atoms with Crippen molar-refractivity contribution in [2.75, 3.05) is 26.7 Å². The summed E-state index contributed by atoms with van der Waals surface area (Å²) in [6.07, 6.45) is -0.0747. The van der Waals surface area contributed by atoms with E-state index < -0.39 is 12.2 Å². The van der Waals surface area contributed by atoms with E-state index in [2.05, 4.69) is 18.3 Å². The molecule has 3 aromatic rings. The highest BCUT2D eigenvalue weighted by atomic mass is 16.5. The van der Waals surface area contributed by atoms with Crippen LogP contribution in [0.4, 0.5) is 4.79 Å². The number of nitrogens with zero attached hydrogens (tertiary/aromatic N) is 4. The normalized spacial score (nSPS) is 21.9. The topological polar surface area (TPSA) is 85.4 Å². The molecule has 1 N–H and O–H groups in total. The van der Waals surface area contributed by atoms with E-state index in [1.165, 1.54) is 5.01 Å². The van der Waals surface area contributed by atoms with Crippen molar-refractivity contribution in [3.63, 3.8) is 0 Å². The van der Waals surface area contributed by atoms with Crippen LogP contribution in [-0.2, 0) is 29.1 Å². The van der Waals surface area contributed by atoms with Gasteiger partial charge in [0.25, 0.3) is 0 Å². The lowest BCUT2D eigenvalue weighted by atomic mass is 9.98. The third-order valence-corrected chi connectivity index (χ3v) is 8.30. The number of amides is 4. The van der Waals surface area contributed by atoms with Gasteiger partial charge in [0.1, 0.15) is 18.0 Å². The molecule has 4 amide bonds. The fourth-order valence-corrected chi connectivity index (χ4v) is 6.09. The zero-order valence-corrected chi connectivity index (χ0v) is 23.4. The number of hydrazine groups is 1. The third kappa shape index (κ3) is 5.25. The van der Waals surface area contributed by atoms with Gasteiger partial charge in [-0.1, -0.05) is 85.8 Å². The number of hydrogen-bond acceptors (Lipinski definition) is 5. The van der Waals surface area contributed by atoms with E-state index in [0.717, 1.165) is 28.0 Å². The van der Waals surface area contributed by atoms with E-state index >= 15 is 0 Å². The van der Waals surface area contributed by atoms with Gasteiger partial charge in [0.2, 0.25) is 11.8 Å². The summed E-state index contributed by atoms with van der Waals surface area (Å²) in [6, 6.07) is 24.5. The van der Waals surface area contributed by atoms with E-state index in [4.69, 9.17) is 4.74 Å². The second kappa shape index (κ2) is 11.2. The molecule has 0 bridgehead atoms. The number of nitrogens with one attached hydrogen (secondary N) is 1. The Kier molecular flexibility index (Phi) is 7.36. The van der Waals surface area contributed by atoms with Crippen molar-refractivity contribution >= 4 is 17.8 Å². The van der Waals surface area contributed by atoms with Crippen LogP contribution in [0.1, 0.15) is 35.1 Å². The quantitative estimate of drug-likeness (QED) is 0.485. The molecule has 0 aromatic heterocycles. The largest absolute Gasteiger partial charge is 0.492 e. The minimum atomic E-state index is -0.675. The standard InChI is InChI=1S/C32H35N5O4/c1-22-21-41-30-25(14-9-15-26(22)30)18-35-19-28-36(34(2)32(40)33-17-24-12-7-4-8-13-24)20-29(38)37(28)27(31(35)39)16-23-10-5-3-6-11-23/h3-15,22,27-28H,16-21H2,1-2H3,(H,33,40)/t22?,27-,28+/m0/s1. The zero-order chi connectivity index (χ0) is 28.5. The molecular formula is C32H35N5O4. The Balaban J connectivity index is 1.27. The van der Waals surface area contributed by atoms with Gasteiger partial charge in [-0.25, -0.2) is 4.79 Å². The lowest BCUT2D eigenvalue weighted by Gasteiger charge is -2.45. The van der Waals surface area contributed by atoms with Gasteiger partial charge in [-0.15, -0.1) is 0 Å². The fraction of sp³-hybridized carbons (Fsp3) is 0.344. The molecule has 2 fully saturated rings. The zero-order valence-electron chi connectivity index (χ0n) is 23.4. The molecule has 9 nitrogen and oxygen atoms in total. The summed E-state index contributed by atoms with van der Waals surface area (Å²) >= 11 is 0. The molecule has 6 rings (SSSR count). The van der Waals surface area contributed by atoms with Crippen LogP contribution in [0.5, 0.6) is 5.75 Å². The Labute approximate surface area is 240 Å². The van der Waals surface area contributed by atoms with Crippen LogP contribution in [0.25, 0.3) is 0 Å². The van der Waals surface area contributed by atoms with Crippen LogP contribution < -0.4 is 10.1 Å². The minimum Gasteiger partial charge on any atom is -0.492 e. The van der Waals surface area contributed by atoms with Gasteiger partial charge < -0.3 is 19.9 Å². The van der Waals surface area contributed by atoms with Crippen LogP contribution in [0.2, 0.25) is 0 Å². The van der Waals surface area contributed by atoms with Crippen molar-refractivity contribution in [1.29, 1.82) is 0 Å². The van der Waals surface area contributed by atoms with Gasteiger partial charge in [0.05, 0.1) is 19.7 Å². The van der Waals surface area contributed by atoms with Crippen LogP contribution in [0.15, 0.2) is 78.9 Å². The molecule has 0 radical (unpaired) electrons. The van der Waals surface area contributed by atoms with Crippen LogP contribution >= 0.6 is 0 Å². The van der Waals surface area contributed by atoms with E-state index in [1.807, 2.05) is 77.7 Å². The average molecular weight is 554 g/mol. The Morgan fingerprint density at radius 2 is 1.68 bits per heavy atom. The molecule has 41 heavy (non-hydrogen) atoms. The Bertz CT molecular complexity index is 1430. The highest BCUT2D eigenvalue weighted by Gasteiger charge is 2.51. The van der Waals surface area contributed by atoms with Crippen LogP contribution in [-0.4, -0.2) is 76.6 Å². The van der Waals surface area contributed by atoms with E-state index in [1.54, 1.807) is 17.0 Å². The fourth-order valence-electron chi connectivity index (χ4n) is 6.09. The molecule has 0 saturated carbocycles. The first-order chi connectivity index (χ1) is 19.9. The predicted octanol–water partition coefficient (Wildman–Crippen LogP) is 3.36. The first kappa shape index (κ1) is 26.8. The number of para-hydroxylation sites is 1. The number of ether oxygens (including phenoxy) is 1. The summed E-state index contributed by atoms with van der Waals surface area (Å²) in [5.41, 5.74) is 4.07. The number of fused-ring (bicyclic) bond motifs is 2. The molecule has 3 atom stereocenters. The number of carbonyl (C=O) groups excluding carboxylic acids is 3. The second-order valence-corrected chi connectivity index (χ2v) is 11.0. The molecule has 0 aliphatic carbocycles. The molecule has 0 spiro atoms. The monoisotopic (exact) mass is 553 g/mol. The summed E-state index contributed by atoms with van der Waals surface area (Å²) < 4.78 is 6.02. The molecule has 3 aromatic carbocycles. The van der Waals surface area contributed by atoms with Crippen molar-refractivity contribution in [3.05, 3.63) is 101 Å². The highest BCUT2D eigenvalue weighted by Crippen LogP contribution is 2.38. The summed E-state index contributed by atoms with van der Waals surface area (Å²) in [7, 11) is 1.67. The minimum absolute atomic E-state index is 0.0215. The summed E-state index contributed by atoms with van der Waals surface area (Å²) in [4.78, 5) is 44.2. The number of benzene rings is 3. The maximum absolute atomic E-state index is 14.0. The van der Waals surface area contributed by atoms with Crippen molar-refractivity contribution in [1.82, 2.24) is 25.1 Å². The molecule has 9 heteroatoms. The first-order valence-corrected chi connectivity index (χ1v) is 14.1. The lowest BCUT2D eigenvalue weighted by Crippen LogP contribution is -2.65. The molecule has 3 heterocycles. The molecular weight excluding hydrogens is 518 g/mol. The smallest absolute Gasteiger partial charge is 0.332 e. The number of carbonyl (C=O) groups is 3. The van der Waals surface area contributed by atoms with E-state index in [9.17, 15) is 14.4 Å². The number of rotatable bonds is 7. The maximum atomic E-state index is 14.0. The summed E-state index contributed by atoms with van der Waals surface area (Å²) in [5.74, 6) is 0.894. The molecule has 3 aliphatic rings. The van der Waals surface area contributed by atoms with Crippen molar-refractivity contribution < 1.29 is 19.1 Å². The van der Waals surface area contributed by atoms with Gasteiger partial charge >= 0.3 is 6.03 Å². The number of piperazine rings is 1. The molecule has 1 unspecified atom stereocenters. The maximum Gasteiger partial charge on any atom is 0.332 e. The highest BCUT2D eigenvalue weighted by molar-refractivity contribution is 5.91. The van der Waals surface area contributed by atoms with Crippen LogP contribution in [0.3, 0.4) is 0 Å². The van der Waals surface area contributed by atoms with Gasteiger partial charge in [0.15, 0.2) is 0 Å². The molecule has 2 saturated heterocycles. The second-order valence-electron chi connectivity index (χ2n) is 11.0. The SMILES string of the molecule is CC1COc2c(CN3C[C@H]4N(C(=O)CN4N(C)C(=O)NCc4ccccc4)[C@@H](Cc4ccccc4)C3=O)cccc21. The first-order valence-electron chi connectivity index (χ1n) is 14.1. The van der Waals surface area contributed by atoms with Crippen molar-refractivity contribution in [3.8, 4) is 5.75 Å². The van der Waals surface area contributed by atoms with E-state index in [0.29, 0.717) is 32.0 Å². The third-order valence-electron chi connectivity index (χ3n) is 8.30. The van der Waals surface area contributed by atoms with Gasteiger partial charge in [-0.2, -0.15) is 5.01 Å². The number of hydrogen-bond donors (Lipinski definition) is 1. The summed E-state index contributed by atoms with van der Waals surface area (Å²) in [5, 5.41) is 6.20. The number of urea groups is 1. The molecule has 212 valence electrons. The Hall–Kier alpha value is -4.37. The van der Waals surface area contributed by atoms with Gasteiger partial charge in [-0.3, -0.25) is 14.6 Å². The predicted molar refractivity (Wildman–Crippen MR) is 153 cm³/mol. The van der Waals surface area contributed by atoms with Gasteiger partial charge in [0, 0.05) is 43.6 Å². The Morgan fingerprint density at radius 3 is 2.41 bits per heavy atom. The lowest BCUT2D eigenvalue weighted by molar-refractivity contribution is -0.157. The van der Waals surface area contributed by atoms with Crippen LogP contribution in [0, 0.1) is 0 Å².